The number of carbonyl (C=O) groups excluding carboxylic acids is 1. The Morgan fingerprint density at radius 3 is 2.69 bits per heavy atom. The quantitative estimate of drug-likeness (QED) is 0.740. The highest BCUT2D eigenvalue weighted by molar-refractivity contribution is 5.74. The third kappa shape index (κ3) is 3.48. The Balaban J connectivity index is 2.50. The number of amides is 1. The molecule has 5 heteroatoms. The maximum Gasteiger partial charge on any atom is 0.317 e. The van der Waals surface area contributed by atoms with Gasteiger partial charge in [-0.05, 0) is 19.4 Å². The van der Waals surface area contributed by atoms with Gasteiger partial charge in [0, 0.05) is 26.1 Å². The standard InChI is InChI=1S/C11H20N2O3/c1-3-12(8-11(15)16)7-10-5-4-6-13(10)9(2)14/h10H,3-8H2,1-2H3,(H,15,16)/t10-/m0/s1. The number of carbonyl (C=O) groups is 2. The summed E-state index contributed by atoms with van der Waals surface area (Å²) in [5.41, 5.74) is 0. The molecule has 1 rings (SSSR count). The molecule has 0 aromatic carbocycles. The van der Waals surface area contributed by atoms with Gasteiger partial charge in [-0.1, -0.05) is 6.92 Å². The second-order valence-electron chi connectivity index (χ2n) is 4.23. The normalized spacial score (nSPS) is 20.4. The number of aliphatic carboxylic acids is 1. The van der Waals surface area contributed by atoms with Crippen molar-refractivity contribution < 1.29 is 14.7 Å². The van der Waals surface area contributed by atoms with Crippen LogP contribution in [0.5, 0.6) is 0 Å². The summed E-state index contributed by atoms with van der Waals surface area (Å²) in [5.74, 6) is -0.719. The van der Waals surface area contributed by atoms with Gasteiger partial charge < -0.3 is 10.0 Å². The first-order valence-electron chi connectivity index (χ1n) is 5.76. The molecule has 0 spiro atoms. The number of likely N-dealkylation sites (tertiary alicyclic amines) is 1. The lowest BCUT2D eigenvalue weighted by atomic mass is 10.2. The molecule has 1 heterocycles. The molecule has 1 N–H and O–H groups in total. The molecule has 16 heavy (non-hydrogen) atoms. The molecular weight excluding hydrogens is 208 g/mol. The van der Waals surface area contributed by atoms with Crippen molar-refractivity contribution in [3.63, 3.8) is 0 Å². The van der Waals surface area contributed by atoms with Crippen molar-refractivity contribution in [2.24, 2.45) is 0 Å². The lowest BCUT2D eigenvalue weighted by molar-refractivity contribution is -0.138. The fourth-order valence-electron chi connectivity index (χ4n) is 2.23. The second kappa shape index (κ2) is 5.84. The number of hydrogen-bond acceptors (Lipinski definition) is 3. The van der Waals surface area contributed by atoms with Crippen molar-refractivity contribution in [3.8, 4) is 0 Å². The Morgan fingerprint density at radius 1 is 1.50 bits per heavy atom. The van der Waals surface area contributed by atoms with Gasteiger partial charge in [0.25, 0.3) is 0 Å². The van der Waals surface area contributed by atoms with Gasteiger partial charge in [-0.15, -0.1) is 0 Å². The number of nitrogens with zero attached hydrogens (tertiary/aromatic N) is 2. The van der Waals surface area contributed by atoms with Gasteiger partial charge in [0.1, 0.15) is 0 Å². The van der Waals surface area contributed by atoms with Gasteiger partial charge >= 0.3 is 5.97 Å². The van der Waals surface area contributed by atoms with Gasteiger partial charge in [0.05, 0.1) is 6.54 Å². The monoisotopic (exact) mass is 228 g/mol. The lowest BCUT2D eigenvalue weighted by Gasteiger charge is -2.28. The first-order chi connectivity index (χ1) is 7.54. The van der Waals surface area contributed by atoms with Crippen LogP contribution in [-0.4, -0.2) is 59.0 Å². The SMILES string of the molecule is CCN(CC(=O)O)C[C@@H]1CCCN1C(C)=O. The molecule has 1 aliphatic rings. The maximum absolute atomic E-state index is 11.3. The topological polar surface area (TPSA) is 60.9 Å². The summed E-state index contributed by atoms with van der Waals surface area (Å²) >= 11 is 0. The summed E-state index contributed by atoms with van der Waals surface area (Å²) in [7, 11) is 0. The summed E-state index contributed by atoms with van der Waals surface area (Å²) in [6.45, 7) is 5.75. The van der Waals surface area contributed by atoms with Crippen LogP contribution in [-0.2, 0) is 9.59 Å². The van der Waals surface area contributed by atoms with E-state index in [4.69, 9.17) is 5.11 Å². The van der Waals surface area contributed by atoms with Gasteiger partial charge in [0.15, 0.2) is 0 Å². The molecule has 0 radical (unpaired) electrons. The first kappa shape index (κ1) is 13.0. The minimum atomic E-state index is -0.811. The summed E-state index contributed by atoms with van der Waals surface area (Å²) in [5, 5.41) is 8.74. The van der Waals surface area contributed by atoms with Crippen LogP contribution in [0.1, 0.15) is 26.7 Å². The number of carboxylic acids is 1. The number of hydrogen-bond donors (Lipinski definition) is 1. The largest absolute Gasteiger partial charge is 0.480 e. The molecule has 1 saturated heterocycles. The van der Waals surface area contributed by atoms with Crippen LogP contribution in [0.3, 0.4) is 0 Å². The van der Waals surface area contributed by atoms with E-state index in [1.165, 1.54) is 0 Å². The molecule has 1 aliphatic heterocycles. The number of rotatable bonds is 5. The molecule has 0 saturated carbocycles. The fraction of sp³-hybridized carbons (Fsp3) is 0.818. The Morgan fingerprint density at radius 2 is 2.19 bits per heavy atom. The van der Waals surface area contributed by atoms with Crippen LogP contribution in [0.25, 0.3) is 0 Å². The van der Waals surface area contributed by atoms with Crippen LogP contribution in [0.4, 0.5) is 0 Å². The molecule has 5 nitrogen and oxygen atoms in total. The maximum atomic E-state index is 11.3. The van der Waals surface area contributed by atoms with E-state index in [0.717, 1.165) is 19.4 Å². The minimum Gasteiger partial charge on any atom is -0.480 e. The Bertz CT molecular complexity index is 268. The Labute approximate surface area is 96.0 Å². The van der Waals surface area contributed by atoms with Gasteiger partial charge in [-0.25, -0.2) is 0 Å². The van der Waals surface area contributed by atoms with Gasteiger partial charge in [-0.3, -0.25) is 14.5 Å². The summed E-state index contributed by atoms with van der Waals surface area (Å²) in [6.07, 6.45) is 2.00. The average Bonchev–Trinajstić information content (AvgIpc) is 2.64. The third-order valence-electron chi connectivity index (χ3n) is 3.06. The molecule has 0 aromatic rings. The van der Waals surface area contributed by atoms with Crippen LogP contribution >= 0.6 is 0 Å². The zero-order valence-corrected chi connectivity index (χ0v) is 9.98. The van der Waals surface area contributed by atoms with Crippen LogP contribution < -0.4 is 0 Å². The van der Waals surface area contributed by atoms with Crippen molar-refractivity contribution in [1.29, 1.82) is 0 Å². The highest BCUT2D eigenvalue weighted by Crippen LogP contribution is 2.18. The van der Waals surface area contributed by atoms with E-state index >= 15 is 0 Å². The lowest BCUT2D eigenvalue weighted by Crippen LogP contribution is -2.43. The molecule has 0 bridgehead atoms. The van der Waals surface area contributed by atoms with E-state index in [1.807, 2.05) is 16.7 Å². The van der Waals surface area contributed by atoms with E-state index in [-0.39, 0.29) is 18.5 Å². The predicted octanol–water partition coefficient (Wildman–Crippen LogP) is 0.404. The summed E-state index contributed by atoms with van der Waals surface area (Å²) in [6, 6.07) is 0.191. The summed E-state index contributed by atoms with van der Waals surface area (Å²) < 4.78 is 0. The molecule has 0 unspecified atom stereocenters. The molecular formula is C11H20N2O3. The molecule has 1 amide bonds. The highest BCUT2D eigenvalue weighted by Gasteiger charge is 2.28. The third-order valence-corrected chi connectivity index (χ3v) is 3.06. The number of carboxylic acid groups (broad SMARTS) is 1. The molecule has 0 aromatic heterocycles. The van der Waals surface area contributed by atoms with E-state index in [1.54, 1.807) is 6.92 Å². The summed E-state index contributed by atoms with van der Waals surface area (Å²) in [4.78, 5) is 25.7. The predicted molar refractivity (Wildman–Crippen MR) is 60.2 cm³/mol. The zero-order chi connectivity index (χ0) is 12.1. The average molecular weight is 228 g/mol. The smallest absolute Gasteiger partial charge is 0.317 e. The zero-order valence-electron chi connectivity index (χ0n) is 9.98. The fourth-order valence-corrected chi connectivity index (χ4v) is 2.23. The van der Waals surface area contributed by atoms with Crippen LogP contribution in [0.2, 0.25) is 0 Å². The first-order valence-corrected chi connectivity index (χ1v) is 5.76. The molecule has 0 aliphatic carbocycles. The van der Waals surface area contributed by atoms with Crippen molar-refractivity contribution in [1.82, 2.24) is 9.80 Å². The number of likely N-dealkylation sites (N-methyl/N-ethyl adjacent to an activating group) is 1. The molecule has 1 atom stereocenters. The van der Waals surface area contributed by atoms with Gasteiger partial charge in [0.2, 0.25) is 5.91 Å². The van der Waals surface area contributed by atoms with Crippen molar-refractivity contribution in [2.75, 3.05) is 26.2 Å². The van der Waals surface area contributed by atoms with Crippen LogP contribution in [0.15, 0.2) is 0 Å². The Kier molecular flexibility index (Phi) is 4.73. The molecule has 1 fully saturated rings. The van der Waals surface area contributed by atoms with E-state index in [0.29, 0.717) is 13.1 Å². The molecule has 92 valence electrons. The van der Waals surface area contributed by atoms with E-state index < -0.39 is 5.97 Å². The van der Waals surface area contributed by atoms with E-state index in [9.17, 15) is 9.59 Å². The van der Waals surface area contributed by atoms with Crippen molar-refractivity contribution in [3.05, 3.63) is 0 Å². The second-order valence-corrected chi connectivity index (χ2v) is 4.23. The van der Waals surface area contributed by atoms with Gasteiger partial charge in [-0.2, -0.15) is 0 Å². The van der Waals surface area contributed by atoms with Crippen LogP contribution in [0, 0.1) is 0 Å². The highest BCUT2D eigenvalue weighted by atomic mass is 16.4. The van der Waals surface area contributed by atoms with Crippen molar-refractivity contribution in [2.45, 2.75) is 32.7 Å². The van der Waals surface area contributed by atoms with E-state index in [2.05, 4.69) is 0 Å². The van der Waals surface area contributed by atoms with Crippen molar-refractivity contribution >= 4 is 11.9 Å². The Hall–Kier alpha value is -1.10. The minimum absolute atomic E-state index is 0.0543.